The van der Waals surface area contributed by atoms with Crippen LogP contribution in [-0.4, -0.2) is 5.91 Å². The number of benzene rings is 2. The van der Waals surface area contributed by atoms with Gasteiger partial charge in [-0.15, -0.1) is 0 Å². The van der Waals surface area contributed by atoms with Gasteiger partial charge in [0.25, 0.3) is 5.91 Å². The van der Waals surface area contributed by atoms with Gasteiger partial charge in [-0.05, 0) is 42.3 Å². The summed E-state index contributed by atoms with van der Waals surface area (Å²) < 4.78 is 0.786. The Balaban J connectivity index is 2.13. The highest BCUT2D eigenvalue weighted by Gasteiger charge is 2.12. The van der Waals surface area contributed by atoms with E-state index in [2.05, 4.69) is 21.2 Å². The topological polar surface area (TPSA) is 55.1 Å². The molecule has 0 saturated carbocycles. The smallest absolute Gasteiger partial charge is 0.251 e. The van der Waals surface area contributed by atoms with E-state index in [-0.39, 0.29) is 5.91 Å². The van der Waals surface area contributed by atoms with Crippen molar-refractivity contribution in [3.63, 3.8) is 0 Å². The number of carbonyl (C=O) groups excluding carboxylic acids is 1. The first-order valence-electron chi connectivity index (χ1n) is 6.05. The maximum atomic E-state index is 12.2. The summed E-state index contributed by atoms with van der Waals surface area (Å²) in [5.74, 6) is -0.157. The first-order chi connectivity index (χ1) is 9.47. The molecule has 2 aromatic rings. The highest BCUT2D eigenvalue weighted by molar-refractivity contribution is 9.10. The Morgan fingerprint density at radius 1 is 1.35 bits per heavy atom. The number of amides is 1. The third-order valence-corrected chi connectivity index (χ3v) is 3.69. The Morgan fingerprint density at radius 3 is 2.80 bits per heavy atom. The summed E-state index contributed by atoms with van der Waals surface area (Å²) in [7, 11) is 0. The number of hydrogen-bond donors (Lipinski definition) is 2. The molecule has 0 spiro atoms. The van der Waals surface area contributed by atoms with Gasteiger partial charge in [-0.1, -0.05) is 39.7 Å². The molecule has 20 heavy (non-hydrogen) atoms. The van der Waals surface area contributed by atoms with E-state index in [1.807, 2.05) is 25.1 Å². The minimum atomic E-state index is -0.157. The third-order valence-electron chi connectivity index (χ3n) is 3.00. The fraction of sp³-hybridized carbons (Fsp3) is 0.133. The van der Waals surface area contributed by atoms with Gasteiger partial charge in [0.2, 0.25) is 0 Å². The summed E-state index contributed by atoms with van der Waals surface area (Å²) in [6.45, 7) is 2.25. The molecule has 0 heterocycles. The fourth-order valence-electron chi connectivity index (χ4n) is 1.86. The van der Waals surface area contributed by atoms with E-state index < -0.39 is 0 Å². The number of halogens is 2. The predicted molar refractivity (Wildman–Crippen MR) is 85.9 cm³/mol. The van der Waals surface area contributed by atoms with Crippen LogP contribution < -0.4 is 11.1 Å². The van der Waals surface area contributed by atoms with Crippen molar-refractivity contribution in [3.05, 3.63) is 62.6 Å². The molecule has 0 aliphatic carbocycles. The molecule has 104 valence electrons. The van der Waals surface area contributed by atoms with Crippen molar-refractivity contribution in [2.75, 3.05) is 5.73 Å². The van der Waals surface area contributed by atoms with E-state index in [9.17, 15) is 4.79 Å². The van der Waals surface area contributed by atoms with E-state index in [1.165, 1.54) is 0 Å². The van der Waals surface area contributed by atoms with Crippen molar-refractivity contribution >= 4 is 39.1 Å². The van der Waals surface area contributed by atoms with Crippen LogP contribution in [0.2, 0.25) is 5.02 Å². The molecule has 0 radical (unpaired) electrons. The monoisotopic (exact) mass is 352 g/mol. The molecule has 2 rings (SSSR count). The Labute approximate surface area is 131 Å². The van der Waals surface area contributed by atoms with E-state index in [4.69, 9.17) is 17.3 Å². The van der Waals surface area contributed by atoms with Crippen LogP contribution in [0.3, 0.4) is 0 Å². The molecule has 2 aromatic carbocycles. The van der Waals surface area contributed by atoms with Crippen molar-refractivity contribution in [2.24, 2.45) is 0 Å². The summed E-state index contributed by atoms with van der Waals surface area (Å²) in [5, 5.41) is 3.52. The second-order valence-corrected chi connectivity index (χ2v) is 5.83. The lowest BCUT2D eigenvalue weighted by Gasteiger charge is -2.10. The molecule has 0 bridgehead atoms. The van der Waals surface area contributed by atoms with Crippen LogP contribution in [0.4, 0.5) is 5.69 Å². The SMILES string of the molecule is Cc1c(N)cc(Br)cc1C(=O)NCc1cccc(Cl)c1. The third kappa shape index (κ3) is 3.52. The lowest BCUT2D eigenvalue weighted by molar-refractivity contribution is 0.0950. The Hall–Kier alpha value is -1.52. The summed E-state index contributed by atoms with van der Waals surface area (Å²) in [4.78, 5) is 12.2. The highest BCUT2D eigenvalue weighted by atomic mass is 79.9. The number of nitrogens with two attached hydrogens (primary N) is 1. The van der Waals surface area contributed by atoms with Gasteiger partial charge in [-0.25, -0.2) is 0 Å². The van der Waals surface area contributed by atoms with Gasteiger partial charge in [0.15, 0.2) is 0 Å². The summed E-state index contributed by atoms with van der Waals surface area (Å²) >= 11 is 9.25. The molecule has 0 saturated heterocycles. The van der Waals surface area contributed by atoms with Gasteiger partial charge in [0.1, 0.15) is 0 Å². The summed E-state index contributed by atoms with van der Waals surface area (Å²) in [6, 6.07) is 10.9. The van der Waals surface area contributed by atoms with Crippen LogP contribution in [0.15, 0.2) is 40.9 Å². The molecule has 0 fully saturated rings. The maximum Gasteiger partial charge on any atom is 0.251 e. The van der Waals surface area contributed by atoms with Crippen LogP contribution >= 0.6 is 27.5 Å². The van der Waals surface area contributed by atoms with Crippen LogP contribution in [0.1, 0.15) is 21.5 Å². The second kappa shape index (κ2) is 6.29. The van der Waals surface area contributed by atoms with Crippen LogP contribution in [0.5, 0.6) is 0 Å². The minimum Gasteiger partial charge on any atom is -0.398 e. The second-order valence-electron chi connectivity index (χ2n) is 4.48. The Kier molecular flexibility index (Phi) is 4.68. The van der Waals surface area contributed by atoms with Crippen LogP contribution in [-0.2, 0) is 6.54 Å². The number of nitrogens with one attached hydrogen (secondary N) is 1. The van der Waals surface area contributed by atoms with Crippen molar-refractivity contribution in [1.82, 2.24) is 5.32 Å². The zero-order valence-electron chi connectivity index (χ0n) is 10.9. The van der Waals surface area contributed by atoms with Crippen LogP contribution in [0.25, 0.3) is 0 Å². The lowest BCUT2D eigenvalue weighted by Crippen LogP contribution is -2.24. The largest absolute Gasteiger partial charge is 0.398 e. The average Bonchev–Trinajstić information content (AvgIpc) is 2.40. The average molecular weight is 354 g/mol. The summed E-state index contributed by atoms with van der Waals surface area (Å²) in [5.41, 5.74) is 8.74. The maximum absolute atomic E-state index is 12.2. The van der Waals surface area contributed by atoms with Gasteiger partial charge in [0.05, 0.1) is 0 Å². The molecule has 3 N–H and O–H groups in total. The number of hydrogen-bond acceptors (Lipinski definition) is 2. The standard InChI is InChI=1S/C15H14BrClN2O/c1-9-13(6-11(16)7-14(9)18)15(20)19-8-10-3-2-4-12(17)5-10/h2-7H,8,18H2,1H3,(H,19,20). The molecule has 0 aliphatic rings. The summed E-state index contributed by atoms with van der Waals surface area (Å²) in [6.07, 6.45) is 0. The van der Waals surface area contributed by atoms with Crippen molar-refractivity contribution in [1.29, 1.82) is 0 Å². The number of nitrogen functional groups attached to an aromatic ring is 1. The first-order valence-corrected chi connectivity index (χ1v) is 7.22. The first kappa shape index (κ1) is 14.9. The van der Waals surface area contributed by atoms with Crippen LogP contribution in [0, 0.1) is 6.92 Å². The molecule has 0 aromatic heterocycles. The quantitative estimate of drug-likeness (QED) is 0.822. The van der Waals surface area contributed by atoms with Crippen molar-refractivity contribution < 1.29 is 4.79 Å². The van der Waals surface area contributed by atoms with E-state index in [0.717, 1.165) is 15.6 Å². The Morgan fingerprint density at radius 2 is 2.10 bits per heavy atom. The zero-order valence-corrected chi connectivity index (χ0v) is 13.3. The fourth-order valence-corrected chi connectivity index (χ4v) is 2.55. The van der Waals surface area contributed by atoms with Crippen molar-refractivity contribution in [2.45, 2.75) is 13.5 Å². The highest BCUT2D eigenvalue weighted by Crippen LogP contribution is 2.22. The molecular formula is C15H14BrClN2O. The molecule has 1 amide bonds. The van der Waals surface area contributed by atoms with Gasteiger partial charge >= 0.3 is 0 Å². The number of anilines is 1. The minimum absolute atomic E-state index is 0.157. The van der Waals surface area contributed by atoms with E-state index >= 15 is 0 Å². The number of rotatable bonds is 3. The molecule has 0 aliphatic heterocycles. The predicted octanol–water partition coefficient (Wildman–Crippen LogP) is 3.92. The van der Waals surface area contributed by atoms with Crippen molar-refractivity contribution in [3.8, 4) is 0 Å². The molecule has 3 nitrogen and oxygen atoms in total. The van der Waals surface area contributed by atoms with E-state index in [1.54, 1.807) is 18.2 Å². The molecule has 0 unspecified atom stereocenters. The van der Waals surface area contributed by atoms with Gasteiger partial charge in [-0.2, -0.15) is 0 Å². The van der Waals surface area contributed by atoms with Gasteiger partial charge in [0, 0.05) is 27.3 Å². The molecule has 5 heteroatoms. The van der Waals surface area contributed by atoms with E-state index in [0.29, 0.717) is 22.8 Å². The normalized spacial score (nSPS) is 10.3. The zero-order chi connectivity index (χ0) is 14.7. The number of carbonyl (C=O) groups is 1. The van der Waals surface area contributed by atoms with Gasteiger partial charge < -0.3 is 11.1 Å². The molecular weight excluding hydrogens is 340 g/mol. The molecule has 0 atom stereocenters. The lowest BCUT2D eigenvalue weighted by atomic mass is 10.1. The van der Waals surface area contributed by atoms with Gasteiger partial charge in [-0.3, -0.25) is 4.79 Å². The Bertz CT molecular complexity index is 658.